The van der Waals surface area contributed by atoms with E-state index in [0.29, 0.717) is 6.42 Å². The summed E-state index contributed by atoms with van der Waals surface area (Å²) in [7, 11) is -3.54. The Hall–Kier alpha value is -2.34. The van der Waals surface area contributed by atoms with Gasteiger partial charge in [0.25, 0.3) is 0 Å². The summed E-state index contributed by atoms with van der Waals surface area (Å²) >= 11 is 0. The standard InChI is InChI=1S/C28H43N2O3S/c1-4-7-9-11-21-29(22-12-10-8-5-2)28-17-15-26(16-18-28)13-14-27-19-23-30(24-20-27)33-34(31,32)25-6-3/h13-20,23-24H,4-12,21-22,25H2,1-3H3/q+1. The van der Waals surface area contributed by atoms with Gasteiger partial charge in [-0.1, -0.05) is 83.6 Å². The largest absolute Gasteiger partial charge is 0.372 e. The molecule has 0 radical (unpaired) electrons. The molecule has 0 spiro atoms. The zero-order chi connectivity index (χ0) is 24.7. The molecule has 2 aromatic rings. The average molecular weight is 488 g/mol. The van der Waals surface area contributed by atoms with Crippen molar-refractivity contribution in [3.05, 3.63) is 59.9 Å². The molecule has 0 aliphatic heterocycles. The molecule has 0 saturated carbocycles. The Kier molecular flexibility index (Phi) is 12.8. The highest BCUT2D eigenvalue weighted by molar-refractivity contribution is 7.86. The molecule has 0 atom stereocenters. The van der Waals surface area contributed by atoms with Crippen molar-refractivity contribution < 1.29 is 17.4 Å². The van der Waals surface area contributed by atoms with E-state index < -0.39 is 10.1 Å². The van der Waals surface area contributed by atoms with Crippen molar-refractivity contribution in [1.29, 1.82) is 0 Å². The van der Waals surface area contributed by atoms with Crippen LogP contribution in [0.3, 0.4) is 0 Å². The molecule has 0 fully saturated rings. The molecule has 0 saturated heterocycles. The fourth-order valence-corrected chi connectivity index (χ4v) is 4.76. The van der Waals surface area contributed by atoms with Crippen LogP contribution in [0.4, 0.5) is 5.69 Å². The van der Waals surface area contributed by atoms with Gasteiger partial charge in [0.1, 0.15) is 0 Å². The van der Waals surface area contributed by atoms with E-state index in [9.17, 15) is 8.42 Å². The van der Waals surface area contributed by atoms with Gasteiger partial charge in [-0.15, -0.1) is 4.28 Å². The third kappa shape index (κ3) is 10.7. The molecule has 188 valence electrons. The van der Waals surface area contributed by atoms with Crippen molar-refractivity contribution in [1.82, 2.24) is 0 Å². The fourth-order valence-electron chi connectivity index (χ4n) is 3.82. The van der Waals surface area contributed by atoms with Gasteiger partial charge in [-0.2, -0.15) is 8.42 Å². The van der Waals surface area contributed by atoms with Gasteiger partial charge in [-0.3, -0.25) is 0 Å². The molecule has 0 aliphatic rings. The number of aromatic nitrogens is 1. The topological polar surface area (TPSA) is 50.5 Å². The number of rotatable bonds is 17. The van der Waals surface area contributed by atoms with Crippen molar-refractivity contribution in [3.63, 3.8) is 0 Å². The highest BCUT2D eigenvalue weighted by Crippen LogP contribution is 2.19. The molecule has 0 amide bonds. The molecule has 1 aromatic carbocycles. The van der Waals surface area contributed by atoms with Crippen molar-refractivity contribution in [2.24, 2.45) is 0 Å². The van der Waals surface area contributed by atoms with E-state index >= 15 is 0 Å². The van der Waals surface area contributed by atoms with E-state index in [-0.39, 0.29) is 5.75 Å². The number of nitrogens with zero attached hydrogens (tertiary/aromatic N) is 2. The maximum atomic E-state index is 11.8. The Morgan fingerprint density at radius 1 is 0.735 bits per heavy atom. The Balaban J connectivity index is 1.97. The summed E-state index contributed by atoms with van der Waals surface area (Å²) in [6.07, 6.45) is 18.1. The van der Waals surface area contributed by atoms with Crippen LogP contribution in [0.2, 0.25) is 0 Å². The maximum absolute atomic E-state index is 11.8. The van der Waals surface area contributed by atoms with Gasteiger partial charge in [-0.05, 0) is 42.5 Å². The van der Waals surface area contributed by atoms with Gasteiger partial charge in [0.05, 0.1) is 5.75 Å². The zero-order valence-corrected chi connectivity index (χ0v) is 22.1. The van der Waals surface area contributed by atoms with Crippen LogP contribution in [0.5, 0.6) is 0 Å². The SMILES string of the molecule is CCCCCCN(CCCCCC)c1ccc(C=Cc2cc[n+](OS(=O)(=O)CCC)cc2)cc1. The average Bonchev–Trinajstić information content (AvgIpc) is 2.83. The Labute approximate surface area is 207 Å². The van der Waals surface area contributed by atoms with E-state index in [4.69, 9.17) is 4.28 Å². The van der Waals surface area contributed by atoms with Crippen molar-refractivity contribution in [2.75, 3.05) is 23.7 Å². The summed E-state index contributed by atoms with van der Waals surface area (Å²) in [5.41, 5.74) is 3.42. The Morgan fingerprint density at radius 3 is 1.76 bits per heavy atom. The van der Waals surface area contributed by atoms with Crippen LogP contribution < -0.4 is 13.9 Å². The van der Waals surface area contributed by atoms with Crippen LogP contribution in [0.1, 0.15) is 89.7 Å². The van der Waals surface area contributed by atoms with Crippen LogP contribution in [-0.2, 0) is 10.1 Å². The summed E-state index contributed by atoms with van der Waals surface area (Å²) in [6, 6.07) is 12.5. The minimum atomic E-state index is -3.54. The summed E-state index contributed by atoms with van der Waals surface area (Å²) in [6.45, 7) is 8.58. The highest BCUT2D eigenvalue weighted by atomic mass is 32.2. The van der Waals surface area contributed by atoms with E-state index in [2.05, 4.69) is 49.1 Å². The predicted octanol–water partition coefficient (Wildman–Crippen LogP) is 6.28. The normalized spacial score (nSPS) is 11.7. The van der Waals surface area contributed by atoms with Crippen molar-refractivity contribution >= 4 is 28.0 Å². The van der Waals surface area contributed by atoms with E-state index in [1.54, 1.807) is 12.4 Å². The van der Waals surface area contributed by atoms with Crippen molar-refractivity contribution in [2.45, 2.75) is 78.6 Å². The minimum absolute atomic E-state index is 0.00651. The van der Waals surface area contributed by atoms with Crippen LogP contribution in [0.15, 0.2) is 48.8 Å². The summed E-state index contributed by atoms with van der Waals surface area (Å²) in [4.78, 5) is 2.54. The number of hydrogen-bond acceptors (Lipinski definition) is 4. The first-order chi connectivity index (χ1) is 16.5. The summed E-state index contributed by atoms with van der Waals surface area (Å²) in [5.74, 6) is 0.00651. The van der Waals surface area contributed by atoms with Crippen LogP contribution in [0, 0.1) is 0 Å². The zero-order valence-electron chi connectivity index (χ0n) is 21.3. The molecule has 1 heterocycles. The maximum Gasteiger partial charge on any atom is 0.367 e. The molecule has 0 bridgehead atoms. The number of pyridine rings is 1. The van der Waals surface area contributed by atoms with Gasteiger partial charge in [0.15, 0.2) is 0 Å². The second-order valence-corrected chi connectivity index (χ2v) is 10.5. The third-order valence-corrected chi connectivity index (χ3v) is 7.08. The van der Waals surface area contributed by atoms with Crippen molar-refractivity contribution in [3.8, 4) is 0 Å². The van der Waals surface area contributed by atoms with Gasteiger partial charge in [0.2, 0.25) is 12.4 Å². The smallest absolute Gasteiger partial charge is 0.367 e. The second kappa shape index (κ2) is 15.5. The number of unbranched alkanes of at least 4 members (excludes halogenated alkanes) is 6. The lowest BCUT2D eigenvalue weighted by atomic mass is 10.1. The molecule has 2 rings (SSSR count). The van der Waals surface area contributed by atoms with Gasteiger partial charge in [0, 0.05) is 35.6 Å². The summed E-state index contributed by atoms with van der Waals surface area (Å²) < 4.78 is 29.8. The number of anilines is 1. The van der Waals surface area contributed by atoms with Crippen LogP contribution >= 0.6 is 0 Å². The van der Waals surface area contributed by atoms with Crippen LogP contribution in [0.25, 0.3) is 12.2 Å². The summed E-state index contributed by atoms with van der Waals surface area (Å²) in [5, 5.41) is 0. The van der Waals surface area contributed by atoms with E-state index in [1.165, 1.54) is 61.8 Å². The van der Waals surface area contributed by atoms with E-state index in [1.807, 2.05) is 25.1 Å². The van der Waals surface area contributed by atoms with Crippen LogP contribution in [-0.4, -0.2) is 27.3 Å². The lowest BCUT2D eigenvalue weighted by molar-refractivity contribution is -0.856. The highest BCUT2D eigenvalue weighted by Gasteiger charge is 2.16. The minimum Gasteiger partial charge on any atom is -0.372 e. The monoisotopic (exact) mass is 487 g/mol. The van der Waals surface area contributed by atoms with Gasteiger partial charge < -0.3 is 4.90 Å². The molecule has 34 heavy (non-hydrogen) atoms. The fraction of sp³-hybridized carbons (Fsp3) is 0.536. The van der Waals surface area contributed by atoms with Gasteiger partial charge >= 0.3 is 10.1 Å². The number of hydrogen-bond donors (Lipinski definition) is 0. The molecular weight excluding hydrogens is 444 g/mol. The quantitative estimate of drug-likeness (QED) is 0.195. The first-order valence-electron chi connectivity index (χ1n) is 12.9. The first kappa shape index (κ1) is 27.9. The molecule has 6 heteroatoms. The van der Waals surface area contributed by atoms with E-state index in [0.717, 1.165) is 24.2 Å². The molecule has 0 unspecified atom stereocenters. The number of benzene rings is 1. The molecule has 0 aliphatic carbocycles. The molecule has 1 aromatic heterocycles. The molecule has 0 N–H and O–H groups in total. The molecule has 5 nitrogen and oxygen atoms in total. The molecular formula is C28H43N2O3S+. The lowest BCUT2D eigenvalue weighted by Gasteiger charge is -2.25. The Bertz CT molecular complexity index is 927. The lowest BCUT2D eigenvalue weighted by Crippen LogP contribution is -2.45. The van der Waals surface area contributed by atoms with Gasteiger partial charge in [-0.25, -0.2) is 0 Å². The first-order valence-corrected chi connectivity index (χ1v) is 14.5. The Morgan fingerprint density at radius 2 is 1.26 bits per heavy atom. The third-order valence-electron chi connectivity index (χ3n) is 5.77. The second-order valence-electron chi connectivity index (χ2n) is 8.86. The predicted molar refractivity (Wildman–Crippen MR) is 143 cm³/mol.